The Hall–Kier alpha value is -2.48. The lowest BCUT2D eigenvalue weighted by Gasteiger charge is -2.33. The van der Waals surface area contributed by atoms with Gasteiger partial charge in [-0.05, 0) is 37.1 Å². The molecule has 0 unspecified atom stereocenters. The first-order valence-corrected chi connectivity index (χ1v) is 9.88. The summed E-state index contributed by atoms with van der Waals surface area (Å²) in [5, 5.41) is 1.59. The van der Waals surface area contributed by atoms with Crippen molar-refractivity contribution in [3.05, 3.63) is 59.4 Å². The van der Waals surface area contributed by atoms with E-state index in [1.807, 2.05) is 30.0 Å². The fourth-order valence-electron chi connectivity index (χ4n) is 3.62. The van der Waals surface area contributed by atoms with Gasteiger partial charge in [-0.25, -0.2) is 4.98 Å². The summed E-state index contributed by atoms with van der Waals surface area (Å²) < 4.78 is 37.8. The van der Waals surface area contributed by atoms with Crippen LogP contribution < -0.4 is 0 Å². The second-order valence-electron chi connectivity index (χ2n) is 6.75. The summed E-state index contributed by atoms with van der Waals surface area (Å²) in [6, 6.07) is 10.3. The zero-order valence-corrected chi connectivity index (χ0v) is 15.9. The molecule has 0 aliphatic carbocycles. The molecule has 8 heteroatoms. The number of nitrogens with one attached hydrogen (secondary N) is 1. The molecule has 1 aliphatic heterocycles. The highest BCUT2D eigenvalue weighted by molar-refractivity contribution is 7.99. The highest BCUT2D eigenvalue weighted by atomic mass is 32.2. The smallest absolute Gasteiger partial charge is 0.356 e. The highest BCUT2D eigenvalue weighted by Gasteiger charge is 2.31. The third-order valence-corrected chi connectivity index (χ3v) is 5.99. The maximum Gasteiger partial charge on any atom is 0.417 e. The molecule has 146 valence electrons. The summed E-state index contributed by atoms with van der Waals surface area (Å²) in [5.74, 6) is 0.0849. The number of fused-ring (bicyclic) bond motifs is 3. The summed E-state index contributed by atoms with van der Waals surface area (Å²) >= 11 is 1.15. The molecule has 1 N–H and O–H groups in total. The minimum absolute atomic E-state index is 0.0523. The number of hydrogen-bond acceptors (Lipinski definition) is 3. The second-order valence-corrected chi connectivity index (χ2v) is 7.74. The lowest BCUT2D eigenvalue weighted by molar-refractivity contribution is -0.138. The van der Waals surface area contributed by atoms with E-state index in [0.717, 1.165) is 41.7 Å². The average molecular weight is 405 g/mol. The van der Waals surface area contributed by atoms with Crippen LogP contribution in [0.1, 0.15) is 29.8 Å². The zero-order valence-electron chi connectivity index (χ0n) is 15.1. The molecular formula is C20H18F3N3OS. The Labute approximate surface area is 164 Å². The summed E-state index contributed by atoms with van der Waals surface area (Å²) in [7, 11) is 0. The van der Waals surface area contributed by atoms with E-state index in [-0.39, 0.29) is 17.7 Å². The molecule has 1 amide bonds. The van der Waals surface area contributed by atoms with Crippen molar-refractivity contribution in [1.82, 2.24) is 14.9 Å². The van der Waals surface area contributed by atoms with E-state index in [1.165, 1.54) is 17.0 Å². The van der Waals surface area contributed by atoms with E-state index in [4.69, 9.17) is 0 Å². The Morgan fingerprint density at radius 2 is 2.07 bits per heavy atom. The number of benzene rings is 1. The molecule has 2 aromatic heterocycles. The number of pyridine rings is 1. The van der Waals surface area contributed by atoms with Crippen molar-refractivity contribution in [2.75, 3.05) is 12.3 Å². The van der Waals surface area contributed by atoms with E-state index in [9.17, 15) is 18.0 Å². The quantitative estimate of drug-likeness (QED) is 0.636. The van der Waals surface area contributed by atoms with Crippen LogP contribution >= 0.6 is 11.8 Å². The minimum atomic E-state index is -4.41. The molecule has 0 spiro atoms. The molecule has 0 bridgehead atoms. The van der Waals surface area contributed by atoms with Gasteiger partial charge in [-0.3, -0.25) is 4.79 Å². The Kier molecular flexibility index (Phi) is 4.82. The molecule has 28 heavy (non-hydrogen) atoms. The first-order chi connectivity index (χ1) is 13.3. The van der Waals surface area contributed by atoms with Crippen LogP contribution in [0.4, 0.5) is 13.2 Å². The fourth-order valence-corrected chi connectivity index (χ4v) is 4.35. The van der Waals surface area contributed by atoms with Crippen molar-refractivity contribution < 1.29 is 18.0 Å². The number of H-pyrrole nitrogens is 1. The second kappa shape index (κ2) is 7.16. The van der Waals surface area contributed by atoms with Gasteiger partial charge in [0.05, 0.1) is 22.4 Å². The minimum Gasteiger partial charge on any atom is -0.356 e. The van der Waals surface area contributed by atoms with Crippen LogP contribution in [0, 0.1) is 0 Å². The van der Waals surface area contributed by atoms with Gasteiger partial charge < -0.3 is 9.88 Å². The molecule has 1 aromatic carbocycles. The van der Waals surface area contributed by atoms with Crippen molar-refractivity contribution in [2.24, 2.45) is 0 Å². The van der Waals surface area contributed by atoms with Crippen LogP contribution in [0.2, 0.25) is 0 Å². The summed E-state index contributed by atoms with van der Waals surface area (Å²) in [4.78, 5) is 21.8. The highest BCUT2D eigenvalue weighted by Crippen LogP contribution is 2.35. The van der Waals surface area contributed by atoms with Gasteiger partial charge in [0.2, 0.25) is 5.91 Å². The van der Waals surface area contributed by atoms with Crippen LogP contribution in [-0.2, 0) is 17.4 Å². The molecule has 0 fully saturated rings. The number of alkyl halides is 3. The number of halogens is 3. The van der Waals surface area contributed by atoms with Gasteiger partial charge in [0.15, 0.2) is 0 Å². The summed E-state index contributed by atoms with van der Waals surface area (Å²) in [6.45, 7) is 2.61. The number of aromatic nitrogens is 2. The maximum absolute atomic E-state index is 12.7. The summed E-state index contributed by atoms with van der Waals surface area (Å²) in [6.07, 6.45) is -2.84. The van der Waals surface area contributed by atoms with Crippen LogP contribution in [0.15, 0.2) is 47.6 Å². The van der Waals surface area contributed by atoms with Gasteiger partial charge in [-0.15, -0.1) is 0 Å². The lowest BCUT2D eigenvalue weighted by atomic mass is 9.98. The van der Waals surface area contributed by atoms with Crippen molar-refractivity contribution in [3.8, 4) is 0 Å². The first kappa shape index (κ1) is 18.9. The molecule has 1 aliphatic rings. The number of carbonyl (C=O) groups is 1. The fraction of sp³-hybridized carbons (Fsp3) is 0.300. The van der Waals surface area contributed by atoms with Crippen molar-refractivity contribution in [2.45, 2.75) is 30.6 Å². The first-order valence-electron chi connectivity index (χ1n) is 8.89. The molecular weight excluding hydrogens is 387 g/mol. The number of thioether (sulfide) groups is 1. The third kappa shape index (κ3) is 3.48. The number of aromatic amines is 1. The van der Waals surface area contributed by atoms with E-state index >= 15 is 0 Å². The molecule has 1 atom stereocenters. The number of para-hydroxylation sites is 1. The predicted octanol–water partition coefficient (Wildman–Crippen LogP) is 4.82. The van der Waals surface area contributed by atoms with E-state index in [1.54, 1.807) is 0 Å². The SMILES string of the molecule is C[C@@H]1c2[nH]c3ccccc3c2CCN1C(=O)CSc1ccc(C(F)(F)F)cn1. The van der Waals surface area contributed by atoms with Crippen molar-refractivity contribution in [1.29, 1.82) is 0 Å². The molecule has 4 nitrogen and oxygen atoms in total. The molecule has 0 saturated heterocycles. The predicted molar refractivity (Wildman–Crippen MR) is 102 cm³/mol. The van der Waals surface area contributed by atoms with Gasteiger partial charge in [0, 0.05) is 29.3 Å². The van der Waals surface area contributed by atoms with Gasteiger partial charge in [-0.1, -0.05) is 30.0 Å². The Balaban J connectivity index is 1.44. The van der Waals surface area contributed by atoms with Gasteiger partial charge in [0.25, 0.3) is 0 Å². The third-order valence-electron chi connectivity index (χ3n) is 5.06. The van der Waals surface area contributed by atoms with E-state index < -0.39 is 11.7 Å². The van der Waals surface area contributed by atoms with E-state index in [2.05, 4.69) is 16.0 Å². The van der Waals surface area contributed by atoms with Crippen LogP contribution in [0.5, 0.6) is 0 Å². The van der Waals surface area contributed by atoms with Crippen LogP contribution in [0.3, 0.4) is 0 Å². The largest absolute Gasteiger partial charge is 0.417 e. The van der Waals surface area contributed by atoms with Crippen molar-refractivity contribution >= 4 is 28.6 Å². The molecule has 3 aromatic rings. The Morgan fingerprint density at radius 3 is 2.79 bits per heavy atom. The maximum atomic E-state index is 12.7. The Bertz CT molecular complexity index is 1010. The van der Waals surface area contributed by atoms with Gasteiger partial charge >= 0.3 is 6.18 Å². The van der Waals surface area contributed by atoms with Crippen molar-refractivity contribution in [3.63, 3.8) is 0 Å². The monoisotopic (exact) mass is 405 g/mol. The number of hydrogen-bond donors (Lipinski definition) is 1. The lowest BCUT2D eigenvalue weighted by Crippen LogP contribution is -2.39. The average Bonchev–Trinajstić information content (AvgIpc) is 3.06. The topological polar surface area (TPSA) is 49.0 Å². The normalized spacial score (nSPS) is 17.0. The summed E-state index contributed by atoms with van der Waals surface area (Å²) in [5.41, 5.74) is 2.58. The molecule has 3 heterocycles. The number of carbonyl (C=O) groups excluding carboxylic acids is 1. The number of amides is 1. The van der Waals surface area contributed by atoms with Gasteiger partial charge in [-0.2, -0.15) is 13.2 Å². The molecule has 0 saturated carbocycles. The molecule has 4 rings (SSSR count). The number of rotatable bonds is 3. The standard InChI is InChI=1S/C20H18F3N3OS/c1-12-19-15(14-4-2-3-5-16(14)25-19)8-9-26(12)18(27)11-28-17-7-6-13(10-24-17)20(21,22)23/h2-7,10,12,25H,8-9,11H2,1H3/t12-/m1/s1. The van der Waals surface area contributed by atoms with E-state index in [0.29, 0.717) is 11.6 Å². The Morgan fingerprint density at radius 1 is 1.29 bits per heavy atom. The number of nitrogens with zero attached hydrogens (tertiary/aromatic N) is 2. The van der Waals surface area contributed by atoms with Gasteiger partial charge in [0.1, 0.15) is 0 Å². The zero-order chi connectivity index (χ0) is 19.9. The van der Waals surface area contributed by atoms with Crippen LogP contribution in [-0.4, -0.2) is 33.1 Å². The van der Waals surface area contributed by atoms with Crippen LogP contribution in [0.25, 0.3) is 10.9 Å². The molecule has 0 radical (unpaired) electrons.